The molecule has 0 saturated carbocycles. The molecule has 0 spiro atoms. The molecule has 1 rings (SSSR count). The van der Waals surface area contributed by atoms with E-state index in [1.165, 1.54) is 6.07 Å². The van der Waals surface area contributed by atoms with E-state index in [1.807, 2.05) is 0 Å². The number of halogens is 4. The Hall–Kier alpha value is -1.57. The zero-order valence-corrected chi connectivity index (χ0v) is 10.7. The van der Waals surface area contributed by atoms with Crippen molar-refractivity contribution >= 4 is 23.1 Å². The van der Waals surface area contributed by atoms with E-state index in [1.54, 1.807) is 6.92 Å². The third-order valence-electron chi connectivity index (χ3n) is 2.18. The van der Waals surface area contributed by atoms with Gasteiger partial charge in [0, 0.05) is 12.6 Å². The first-order valence-electron chi connectivity index (χ1n) is 5.37. The lowest BCUT2D eigenvalue weighted by Gasteiger charge is -2.24. The maximum absolute atomic E-state index is 12.5. The normalized spacial score (nSPS) is 11.4. The Labute approximate surface area is 112 Å². The number of nitro groups is 1. The van der Waals surface area contributed by atoms with Gasteiger partial charge in [-0.25, -0.2) is 4.98 Å². The minimum absolute atomic E-state index is 0.00626. The van der Waals surface area contributed by atoms with Crippen LogP contribution < -0.4 is 4.90 Å². The highest BCUT2D eigenvalue weighted by Gasteiger charge is 2.33. The lowest BCUT2D eigenvalue weighted by molar-refractivity contribution is -0.384. The van der Waals surface area contributed by atoms with Gasteiger partial charge in [-0.1, -0.05) is 18.5 Å². The van der Waals surface area contributed by atoms with Gasteiger partial charge in [0.2, 0.25) is 5.82 Å². The zero-order chi connectivity index (χ0) is 14.6. The largest absolute Gasteiger partial charge is 0.405 e. The van der Waals surface area contributed by atoms with Crippen molar-refractivity contribution in [3.05, 3.63) is 27.4 Å². The number of nitrogens with zero attached hydrogens (tertiary/aromatic N) is 3. The highest BCUT2D eigenvalue weighted by molar-refractivity contribution is 6.29. The molecule has 0 unspecified atom stereocenters. The molecule has 0 aromatic carbocycles. The van der Waals surface area contributed by atoms with E-state index in [0.29, 0.717) is 6.42 Å². The van der Waals surface area contributed by atoms with Gasteiger partial charge in [0.15, 0.2) is 0 Å². The van der Waals surface area contributed by atoms with Gasteiger partial charge in [0.05, 0.1) is 4.92 Å². The van der Waals surface area contributed by atoms with E-state index in [2.05, 4.69) is 4.98 Å². The number of hydrogen-bond donors (Lipinski definition) is 0. The fourth-order valence-electron chi connectivity index (χ4n) is 1.54. The van der Waals surface area contributed by atoms with Crippen LogP contribution in [0.4, 0.5) is 24.7 Å². The van der Waals surface area contributed by atoms with Crippen molar-refractivity contribution in [2.24, 2.45) is 0 Å². The van der Waals surface area contributed by atoms with Crippen LogP contribution in [0, 0.1) is 10.1 Å². The predicted octanol–water partition coefficient (Wildman–Crippen LogP) is 3.42. The Morgan fingerprint density at radius 1 is 1.47 bits per heavy atom. The second-order valence-electron chi connectivity index (χ2n) is 3.77. The van der Waals surface area contributed by atoms with E-state index in [-0.39, 0.29) is 17.5 Å². The molecule has 0 fully saturated rings. The van der Waals surface area contributed by atoms with Crippen LogP contribution in [0.15, 0.2) is 12.1 Å². The van der Waals surface area contributed by atoms with Crippen molar-refractivity contribution in [2.45, 2.75) is 19.5 Å². The third kappa shape index (κ3) is 4.55. The van der Waals surface area contributed by atoms with E-state index in [4.69, 9.17) is 11.6 Å². The smallest absolute Gasteiger partial charge is 0.342 e. The van der Waals surface area contributed by atoms with Crippen LogP contribution in [0.3, 0.4) is 0 Å². The summed E-state index contributed by atoms with van der Waals surface area (Å²) in [7, 11) is 0. The Morgan fingerprint density at radius 2 is 2.11 bits per heavy atom. The maximum Gasteiger partial charge on any atom is 0.405 e. The van der Waals surface area contributed by atoms with E-state index in [0.717, 1.165) is 11.0 Å². The Kier molecular flexibility index (Phi) is 4.93. The minimum atomic E-state index is -4.48. The van der Waals surface area contributed by atoms with Crippen molar-refractivity contribution in [1.82, 2.24) is 4.98 Å². The average molecular weight is 298 g/mol. The maximum atomic E-state index is 12.5. The summed E-state index contributed by atoms with van der Waals surface area (Å²) in [5.74, 6) is -0.364. The summed E-state index contributed by atoms with van der Waals surface area (Å²) in [5, 5.41) is 10.7. The molecule has 0 bridgehead atoms. The Balaban J connectivity index is 3.20. The predicted molar refractivity (Wildman–Crippen MR) is 64.5 cm³/mol. The zero-order valence-electron chi connectivity index (χ0n) is 9.95. The van der Waals surface area contributed by atoms with E-state index >= 15 is 0 Å². The summed E-state index contributed by atoms with van der Waals surface area (Å²) >= 11 is 5.60. The molecule has 0 atom stereocenters. The molecule has 0 aliphatic rings. The fraction of sp³-hybridized carbons (Fsp3) is 0.500. The van der Waals surface area contributed by atoms with Crippen molar-refractivity contribution in [3.63, 3.8) is 0 Å². The minimum Gasteiger partial charge on any atom is -0.342 e. The first kappa shape index (κ1) is 15.5. The summed E-state index contributed by atoms with van der Waals surface area (Å²) in [6, 6.07) is 2.21. The van der Waals surface area contributed by atoms with Gasteiger partial charge >= 0.3 is 11.9 Å². The highest BCUT2D eigenvalue weighted by atomic mass is 35.5. The molecular formula is C10H11ClF3N3O2. The molecule has 1 aromatic heterocycles. The standard InChI is InChI=1S/C10H11ClF3N3O2/c1-2-5-16(6-10(12,13)14)9-7(17(18)19)3-4-8(11)15-9/h3-4H,2,5-6H2,1H3. The van der Waals surface area contributed by atoms with E-state index in [9.17, 15) is 23.3 Å². The second-order valence-corrected chi connectivity index (χ2v) is 4.16. The molecule has 0 amide bonds. The average Bonchev–Trinajstić information content (AvgIpc) is 2.26. The number of hydrogen-bond acceptors (Lipinski definition) is 4. The van der Waals surface area contributed by atoms with Crippen LogP contribution in [-0.2, 0) is 0 Å². The first-order valence-corrected chi connectivity index (χ1v) is 5.75. The number of anilines is 1. The van der Waals surface area contributed by atoms with Gasteiger partial charge < -0.3 is 4.90 Å². The lowest BCUT2D eigenvalue weighted by Crippen LogP contribution is -2.35. The van der Waals surface area contributed by atoms with Crippen molar-refractivity contribution in [2.75, 3.05) is 18.0 Å². The molecule has 0 radical (unpaired) electrons. The van der Waals surface area contributed by atoms with Gasteiger partial charge in [-0.2, -0.15) is 13.2 Å². The SMILES string of the molecule is CCCN(CC(F)(F)F)c1nc(Cl)ccc1[N+](=O)[O-]. The highest BCUT2D eigenvalue weighted by Crippen LogP contribution is 2.30. The quantitative estimate of drug-likeness (QED) is 0.475. The number of pyridine rings is 1. The lowest BCUT2D eigenvalue weighted by atomic mass is 10.3. The summed E-state index contributed by atoms with van der Waals surface area (Å²) in [5.41, 5.74) is -0.498. The molecule has 9 heteroatoms. The molecular weight excluding hydrogens is 287 g/mol. The molecule has 0 N–H and O–H groups in total. The van der Waals surface area contributed by atoms with Crippen LogP contribution in [0.5, 0.6) is 0 Å². The summed E-state index contributed by atoms with van der Waals surface area (Å²) in [6.07, 6.45) is -4.09. The van der Waals surface area contributed by atoms with Gasteiger partial charge in [0.25, 0.3) is 0 Å². The molecule has 0 saturated heterocycles. The van der Waals surface area contributed by atoms with Crippen molar-refractivity contribution in [1.29, 1.82) is 0 Å². The van der Waals surface area contributed by atoms with Crippen LogP contribution in [0.1, 0.15) is 13.3 Å². The van der Waals surface area contributed by atoms with Crippen LogP contribution in [0.25, 0.3) is 0 Å². The first-order chi connectivity index (χ1) is 8.74. The molecule has 0 aliphatic heterocycles. The van der Waals surface area contributed by atoms with Crippen molar-refractivity contribution in [3.8, 4) is 0 Å². The van der Waals surface area contributed by atoms with Gasteiger partial charge in [-0.3, -0.25) is 10.1 Å². The van der Waals surface area contributed by atoms with Gasteiger partial charge in [0.1, 0.15) is 11.7 Å². The third-order valence-corrected chi connectivity index (χ3v) is 2.39. The van der Waals surface area contributed by atoms with Crippen LogP contribution in [0.2, 0.25) is 5.15 Å². The number of aromatic nitrogens is 1. The van der Waals surface area contributed by atoms with Gasteiger partial charge in [-0.05, 0) is 12.5 Å². The molecule has 1 aromatic rings. The summed E-state index contributed by atoms with van der Waals surface area (Å²) < 4.78 is 37.4. The fourth-order valence-corrected chi connectivity index (χ4v) is 1.68. The molecule has 5 nitrogen and oxygen atoms in total. The van der Waals surface area contributed by atoms with E-state index < -0.39 is 23.3 Å². The summed E-state index contributed by atoms with van der Waals surface area (Å²) in [4.78, 5) is 14.5. The molecule has 1 heterocycles. The van der Waals surface area contributed by atoms with Crippen LogP contribution >= 0.6 is 11.6 Å². The van der Waals surface area contributed by atoms with Crippen LogP contribution in [-0.4, -0.2) is 29.2 Å². The summed E-state index contributed by atoms with van der Waals surface area (Å²) in [6.45, 7) is 0.350. The Bertz CT molecular complexity index is 468. The Morgan fingerprint density at radius 3 is 2.58 bits per heavy atom. The molecule has 0 aliphatic carbocycles. The monoisotopic (exact) mass is 297 g/mol. The second kappa shape index (κ2) is 6.05. The number of rotatable bonds is 5. The topological polar surface area (TPSA) is 59.3 Å². The van der Waals surface area contributed by atoms with Gasteiger partial charge in [-0.15, -0.1) is 0 Å². The number of alkyl halides is 3. The molecule has 19 heavy (non-hydrogen) atoms. The molecule has 106 valence electrons. The van der Waals surface area contributed by atoms with Crippen molar-refractivity contribution < 1.29 is 18.1 Å².